The maximum atomic E-state index is 13.1. The van der Waals surface area contributed by atoms with Gasteiger partial charge in [0.1, 0.15) is 18.2 Å². The molecular formula is C24H20ClFN2O3. The van der Waals surface area contributed by atoms with E-state index in [9.17, 15) is 14.0 Å². The number of rotatable bonds is 6. The van der Waals surface area contributed by atoms with E-state index in [0.29, 0.717) is 40.7 Å². The van der Waals surface area contributed by atoms with Crippen LogP contribution in [0.2, 0.25) is 5.02 Å². The number of nitrogens with one attached hydrogen (secondary N) is 1. The summed E-state index contributed by atoms with van der Waals surface area (Å²) < 4.78 is 18.9. The van der Waals surface area contributed by atoms with Crippen LogP contribution in [0, 0.1) is 5.82 Å². The fourth-order valence-corrected chi connectivity index (χ4v) is 3.71. The highest BCUT2D eigenvalue weighted by Gasteiger charge is 2.24. The molecule has 7 heteroatoms. The molecule has 0 spiro atoms. The Bertz CT molecular complexity index is 1120. The predicted octanol–water partition coefficient (Wildman–Crippen LogP) is 5.44. The number of carbonyl (C=O) groups is 2. The third kappa shape index (κ3) is 4.86. The summed E-state index contributed by atoms with van der Waals surface area (Å²) in [6, 6.07) is 17.9. The van der Waals surface area contributed by atoms with Gasteiger partial charge in [0.15, 0.2) is 0 Å². The molecular weight excluding hydrogens is 419 g/mol. The van der Waals surface area contributed by atoms with Crippen LogP contribution < -0.4 is 15.0 Å². The van der Waals surface area contributed by atoms with Gasteiger partial charge in [0.05, 0.1) is 16.3 Å². The SMILES string of the molecule is O=C(Nc1ccc(N2CCCC2=O)c(Cl)c1)c1ccccc1OCc1ccc(F)cc1. The first-order valence-electron chi connectivity index (χ1n) is 9.89. The molecule has 1 heterocycles. The van der Waals surface area contributed by atoms with Gasteiger partial charge in [0, 0.05) is 18.7 Å². The molecule has 3 aromatic rings. The molecule has 1 saturated heterocycles. The fraction of sp³-hybridized carbons (Fsp3) is 0.167. The van der Waals surface area contributed by atoms with Gasteiger partial charge in [-0.05, 0) is 54.4 Å². The monoisotopic (exact) mass is 438 g/mol. The van der Waals surface area contributed by atoms with Crippen LogP contribution in [0.5, 0.6) is 5.75 Å². The molecule has 3 aromatic carbocycles. The van der Waals surface area contributed by atoms with Gasteiger partial charge in [0.25, 0.3) is 5.91 Å². The first kappa shape index (κ1) is 20.9. The van der Waals surface area contributed by atoms with Crippen LogP contribution in [0.4, 0.5) is 15.8 Å². The van der Waals surface area contributed by atoms with Gasteiger partial charge in [-0.2, -0.15) is 0 Å². The Morgan fingerprint density at radius 3 is 2.58 bits per heavy atom. The van der Waals surface area contributed by atoms with Crippen LogP contribution in [-0.4, -0.2) is 18.4 Å². The third-order valence-electron chi connectivity index (χ3n) is 5.01. The molecule has 0 bridgehead atoms. The molecule has 0 atom stereocenters. The summed E-state index contributed by atoms with van der Waals surface area (Å²) in [5.41, 5.74) is 2.30. The zero-order chi connectivity index (χ0) is 21.8. The number of benzene rings is 3. The van der Waals surface area contributed by atoms with Crippen molar-refractivity contribution in [3.05, 3.63) is 88.7 Å². The standard InChI is InChI=1S/C24H20ClFN2O3/c25-20-14-18(11-12-21(20)28-13-3-6-23(28)29)27-24(30)19-4-1-2-5-22(19)31-15-16-7-9-17(26)10-8-16/h1-2,4-5,7-12,14H,3,6,13,15H2,(H,27,30). The summed E-state index contributed by atoms with van der Waals surface area (Å²) in [4.78, 5) is 26.5. The van der Waals surface area contributed by atoms with Crippen molar-refractivity contribution in [2.75, 3.05) is 16.8 Å². The second-order valence-corrected chi connectivity index (χ2v) is 7.59. The molecule has 4 rings (SSSR count). The Hall–Kier alpha value is -3.38. The first-order valence-corrected chi connectivity index (χ1v) is 10.3. The van der Waals surface area contributed by atoms with E-state index in [0.717, 1.165) is 12.0 Å². The Balaban J connectivity index is 1.47. The minimum Gasteiger partial charge on any atom is -0.488 e. The van der Waals surface area contributed by atoms with Crippen molar-refractivity contribution < 1.29 is 18.7 Å². The maximum absolute atomic E-state index is 13.1. The van der Waals surface area contributed by atoms with Crippen LogP contribution in [0.3, 0.4) is 0 Å². The molecule has 0 aromatic heterocycles. The molecule has 1 N–H and O–H groups in total. The van der Waals surface area contributed by atoms with E-state index < -0.39 is 0 Å². The molecule has 1 aliphatic heterocycles. The lowest BCUT2D eigenvalue weighted by Crippen LogP contribution is -2.24. The molecule has 0 unspecified atom stereocenters. The zero-order valence-corrected chi connectivity index (χ0v) is 17.4. The Kier molecular flexibility index (Phi) is 6.18. The Morgan fingerprint density at radius 2 is 1.87 bits per heavy atom. The van der Waals surface area contributed by atoms with Crippen molar-refractivity contribution in [1.29, 1.82) is 0 Å². The summed E-state index contributed by atoms with van der Waals surface area (Å²) >= 11 is 6.37. The molecule has 31 heavy (non-hydrogen) atoms. The van der Waals surface area contributed by atoms with Crippen LogP contribution in [0.25, 0.3) is 0 Å². The lowest BCUT2D eigenvalue weighted by Gasteiger charge is -2.18. The molecule has 0 aliphatic carbocycles. The highest BCUT2D eigenvalue weighted by molar-refractivity contribution is 6.34. The number of ether oxygens (including phenoxy) is 1. The molecule has 158 valence electrons. The number of halogens is 2. The smallest absolute Gasteiger partial charge is 0.259 e. The minimum atomic E-state index is -0.351. The van der Waals surface area contributed by atoms with E-state index >= 15 is 0 Å². The summed E-state index contributed by atoms with van der Waals surface area (Å²) in [7, 11) is 0. The van der Waals surface area contributed by atoms with Gasteiger partial charge >= 0.3 is 0 Å². The van der Waals surface area contributed by atoms with E-state index in [2.05, 4.69) is 5.32 Å². The fourth-order valence-electron chi connectivity index (χ4n) is 3.43. The molecule has 0 radical (unpaired) electrons. The second kappa shape index (κ2) is 9.18. The van der Waals surface area contributed by atoms with Crippen molar-refractivity contribution >= 4 is 34.8 Å². The van der Waals surface area contributed by atoms with E-state index in [1.54, 1.807) is 59.5 Å². The number of para-hydroxylation sites is 1. The van der Waals surface area contributed by atoms with Crippen LogP contribution in [0.1, 0.15) is 28.8 Å². The van der Waals surface area contributed by atoms with Crippen LogP contribution in [0.15, 0.2) is 66.7 Å². The van der Waals surface area contributed by atoms with E-state index in [4.69, 9.17) is 16.3 Å². The van der Waals surface area contributed by atoms with Crippen molar-refractivity contribution in [3.8, 4) is 5.75 Å². The van der Waals surface area contributed by atoms with Gasteiger partial charge in [-0.1, -0.05) is 35.9 Å². The number of amides is 2. The summed E-state index contributed by atoms with van der Waals surface area (Å²) in [6.07, 6.45) is 1.33. The lowest BCUT2D eigenvalue weighted by atomic mass is 10.1. The zero-order valence-electron chi connectivity index (χ0n) is 16.6. The summed E-state index contributed by atoms with van der Waals surface area (Å²) in [5, 5.41) is 3.21. The Labute approximate surface area is 184 Å². The number of carbonyl (C=O) groups excluding carboxylic acids is 2. The van der Waals surface area contributed by atoms with E-state index in [1.807, 2.05) is 0 Å². The number of anilines is 2. The average molecular weight is 439 g/mol. The number of hydrogen-bond donors (Lipinski definition) is 1. The minimum absolute atomic E-state index is 0.0471. The quantitative estimate of drug-likeness (QED) is 0.557. The summed E-state index contributed by atoms with van der Waals surface area (Å²) in [5.74, 6) is -0.210. The van der Waals surface area contributed by atoms with Gasteiger partial charge in [-0.15, -0.1) is 0 Å². The summed E-state index contributed by atoms with van der Waals surface area (Å²) in [6.45, 7) is 0.845. The lowest BCUT2D eigenvalue weighted by molar-refractivity contribution is -0.117. The molecule has 2 amide bonds. The van der Waals surface area contributed by atoms with Gasteiger partial charge in [-0.3, -0.25) is 9.59 Å². The van der Waals surface area contributed by atoms with Crippen molar-refractivity contribution in [3.63, 3.8) is 0 Å². The largest absolute Gasteiger partial charge is 0.488 e. The first-order chi connectivity index (χ1) is 15.0. The van der Waals surface area contributed by atoms with Gasteiger partial charge in [-0.25, -0.2) is 4.39 Å². The predicted molar refractivity (Wildman–Crippen MR) is 118 cm³/mol. The van der Waals surface area contributed by atoms with Gasteiger partial charge in [0.2, 0.25) is 5.91 Å². The molecule has 1 fully saturated rings. The molecule has 5 nitrogen and oxygen atoms in total. The second-order valence-electron chi connectivity index (χ2n) is 7.18. The van der Waals surface area contributed by atoms with Crippen molar-refractivity contribution in [2.24, 2.45) is 0 Å². The number of nitrogens with zero attached hydrogens (tertiary/aromatic N) is 1. The van der Waals surface area contributed by atoms with E-state index in [1.165, 1.54) is 12.1 Å². The third-order valence-corrected chi connectivity index (χ3v) is 5.31. The topological polar surface area (TPSA) is 58.6 Å². The van der Waals surface area contributed by atoms with Crippen LogP contribution >= 0.6 is 11.6 Å². The highest BCUT2D eigenvalue weighted by atomic mass is 35.5. The normalized spacial score (nSPS) is 13.4. The van der Waals surface area contributed by atoms with Crippen LogP contribution in [-0.2, 0) is 11.4 Å². The van der Waals surface area contributed by atoms with Crippen molar-refractivity contribution in [2.45, 2.75) is 19.4 Å². The van der Waals surface area contributed by atoms with Gasteiger partial charge < -0.3 is 15.0 Å². The van der Waals surface area contributed by atoms with Crippen molar-refractivity contribution in [1.82, 2.24) is 0 Å². The average Bonchev–Trinajstić information content (AvgIpc) is 3.19. The molecule has 0 saturated carbocycles. The maximum Gasteiger partial charge on any atom is 0.259 e. The molecule has 1 aliphatic rings. The number of hydrogen-bond acceptors (Lipinski definition) is 3. The highest BCUT2D eigenvalue weighted by Crippen LogP contribution is 2.32. The Morgan fingerprint density at radius 1 is 1.10 bits per heavy atom. The van der Waals surface area contributed by atoms with E-state index in [-0.39, 0.29) is 24.2 Å².